The molecule has 0 fully saturated rings. The zero-order chi connectivity index (χ0) is 13.5. The second kappa shape index (κ2) is 7.08. The van der Waals surface area contributed by atoms with Gasteiger partial charge in [0.25, 0.3) is 0 Å². The van der Waals surface area contributed by atoms with E-state index >= 15 is 0 Å². The van der Waals surface area contributed by atoms with E-state index in [0.717, 1.165) is 5.57 Å². The summed E-state index contributed by atoms with van der Waals surface area (Å²) in [5, 5.41) is 0. The SMILES string of the molecule is FC(F)(F)CC=C1C=CC=CC1.O=S(=O)(Cl)Cl. The maximum atomic E-state index is 11.7. The highest BCUT2D eigenvalue weighted by molar-refractivity contribution is 8.31. The van der Waals surface area contributed by atoms with Crippen molar-refractivity contribution in [2.45, 2.75) is 19.0 Å². The molecule has 0 aromatic carbocycles. The fraction of sp³-hybridized carbons (Fsp3) is 0.333. The number of halogens is 5. The largest absolute Gasteiger partial charge is 0.392 e. The summed E-state index contributed by atoms with van der Waals surface area (Å²) < 4.78 is 53.5. The molecule has 0 N–H and O–H groups in total. The van der Waals surface area contributed by atoms with Crippen LogP contribution < -0.4 is 0 Å². The molecule has 0 aromatic rings. The van der Waals surface area contributed by atoms with Crippen molar-refractivity contribution in [2.24, 2.45) is 0 Å². The molecule has 0 atom stereocenters. The maximum absolute atomic E-state index is 11.7. The second-order valence-electron chi connectivity index (χ2n) is 2.97. The molecule has 0 heterocycles. The van der Waals surface area contributed by atoms with Crippen molar-refractivity contribution in [3.8, 4) is 0 Å². The van der Waals surface area contributed by atoms with Crippen LogP contribution in [0.3, 0.4) is 0 Å². The molecule has 0 spiro atoms. The molecule has 0 saturated carbocycles. The fourth-order valence-electron chi connectivity index (χ4n) is 0.928. The Bertz CT molecular complexity index is 414. The van der Waals surface area contributed by atoms with Crippen molar-refractivity contribution in [2.75, 3.05) is 0 Å². The van der Waals surface area contributed by atoms with E-state index in [4.69, 9.17) is 8.42 Å². The van der Waals surface area contributed by atoms with E-state index in [-0.39, 0.29) is 0 Å². The predicted molar refractivity (Wildman–Crippen MR) is 62.3 cm³/mol. The lowest BCUT2D eigenvalue weighted by molar-refractivity contribution is -0.125. The third-order valence-corrected chi connectivity index (χ3v) is 1.51. The van der Waals surface area contributed by atoms with E-state index in [1.165, 1.54) is 6.08 Å². The van der Waals surface area contributed by atoms with Gasteiger partial charge in [0.2, 0.25) is 0 Å². The van der Waals surface area contributed by atoms with Gasteiger partial charge in [0, 0.05) is 21.4 Å². The van der Waals surface area contributed by atoms with Crippen molar-refractivity contribution < 1.29 is 21.6 Å². The zero-order valence-electron chi connectivity index (χ0n) is 8.42. The molecule has 0 amide bonds. The summed E-state index contributed by atoms with van der Waals surface area (Å²) in [6, 6.07) is 0. The van der Waals surface area contributed by atoms with Crippen molar-refractivity contribution in [1.82, 2.24) is 0 Å². The summed E-state index contributed by atoms with van der Waals surface area (Å²) in [6.45, 7) is 0. The monoisotopic (exact) mass is 308 g/mol. The molecule has 1 rings (SSSR count). The van der Waals surface area contributed by atoms with Gasteiger partial charge in [-0.15, -0.1) is 0 Å². The lowest BCUT2D eigenvalue weighted by Gasteiger charge is -2.04. The Balaban J connectivity index is 0.000000437. The highest BCUT2D eigenvalue weighted by Crippen LogP contribution is 2.22. The quantitative estimate of drug-likeness (QED) is 0.684. The topological polar surface area (TPSA) is 34.1 Å². The van der Waals surface area contributed by atoms with Crippen molar-refractivity contribution >= 4 is 29.6 Å². The summed E-state index contributed by atoms with van der Waals surface area (Å²) in [4.78, 5) is 0. The van der Waals surface area contributed by atoms with Gasteiger partial charge < -0.3 is 0 Å². The van der Waals surface area contributed by atoms with Gasteiger partial charge in [-0.25, -0.2) is 0 Å². The normalized spacial score (nSPS) is 17.8. The molecule has 0 radical (unpaired) electrons. The van der Waals surface area contributed by atoms with E-state index < -0.39 is 20.9 Å². The van der Waals surface area contributed by atoms with Gasteiger partial charge in [0.05, 0.1) is 6.42 Å². The van der Waals surface area contributed by atoms with Crippen LogP contribution in [0.4, 0.5) is 13.2 Å². The number of rotatable bonds is 1. The van der Waals surface area contributed by atoms with Crippen LogP contribution in [0.5, 0.6) is 0 Å². The first kappa shape index (κ1) is 16.5. The van der Waals surface area contributed by atoms with Crippen LogP contribution in [-0.2, 0) is 8.26 Å². The third-order valence-electron chi connectivity index (χ3n) is 1.51. The molecule has 8 heteroatoms. The highest BCUT2D eigenvalue weighted by atomic mass is 36.0. The first-order chi connectivity index (χ1) is 7.58. The van der Waals surface area contributed by atoms with Crippen LogP contribution in [0.2, 0.25) is 0 Å². The van der Waals surface area contributed by atoms with Crippen molar-refractivity contribution in [3.63, 3.8) is 0 Å². The van der Waals surface area contributed by atoms with Crippen molar-refractivity contribution in [1.29, 1.82) is 0 Å². The van der Waals surface area contributed by atoms with E-state index in [1.54, 1.807) is 12.2 Å². The average Bonchev–Trinajstić information content (AvgIpc) is 2.13. The van der Waals surface area contributed by atoms with Gasteiger partial charge in [0.15, 0.2) is 0 Å². The minimum Gasteiger partial charge on any atom is -0.195 e. The van der Waals surface area contributed by atoms with Crippen LogP contribution in [0.25, 0.3) is 0 Å². The predicted octanol–water partition coefficient (Wildman–Crippen LogP) is 4.09. The summed E-state index contributed by atoms with van der Waals surface area (Å²) in [5.74, 6) is 0. The van der Waals surface area contributed by atoms with E-state index in [0.29, 0.717) is 6.42 Å². The van der Waals surface area contributed by atoms with Gasteiger partial charge >= 0.3 is 14.4 Å². The van der Waals surface area contributed by atoms with Crippen molar-refractivity contribution in [3.05, 3.63) is 36.0 Å². The molecule has 0 unspecified atom stereocenters. The lowest BCUT2D eigenvalue weighted by Crippen LogP contribution is -2.04. The Labute approximate surface area is 106 Å². The Morgan fingerprint density at radius 2 is 1.82 bits per heavy atom. The van der Waals surface area contributed by atoms with E-state index in [1.807, 2.05) is 12.2 Å². The van der Waals surface area contributed by atoms with Gasteiger partial charge in [-0.05, 0) is 12.0 Å². The molecule has 0 aromatic heterocycles. The first-order valence-electron chi connectivity index (χ1n) is 4.31. The molecule has 0 saturated heterocycles. The van der Waals surface area contributed by atoms with E-state index in [2.05, 4.69) is 21.4 Å². The van der Waals surface area contributed by atoms with Gasteiger partial charge in [-0.3, -0.25) is 0 Å². The second-order valence-corrected chi connectivity index (χ2v) is 6.64. The summed E-state index contributed by atoms with van der Waals surface area (Å²) >= 11 is 0. The highest BCUT2D eigenvalue weighted by Gasteiger charge is 2.25. The number of allylic oxidation sites excluding steroid dienone is 6. The Morgan fingerprint density at radius 1 is 1.29 bits per heavy atom. The van der Waals surface area contributed by atoms with Crippen LogP contribution in [0.1, 0.15) is 12.8 Å². The number of hydrogen-bond donors (Lipinski definition) is 0. The summed E-state index contributed by atoms with van der Waals surface area (Å²) in [5.41, 5.74) is 0.731. The standard InChI is InChI=1S/C9H9F3.Cl2O2S/c10-9(11,12)7-6-8-4-2-1-3-5-8;1-5(2,3)4/h1-4,6H,5,7H2;. The molecule has 17 heavy (non-hydrogen) atoms. The molecule has 2 nitrogen and oxygen atoms in total. The Hall–Kier alpha value is -0.460. The lowest BCUT2D eigenvalue weighted by atomic mass is 10.1. The smallest absolute Gasteiger partial charge is 0.195 e. The molecule has 98 valence electrons. The summed E-state index contributed by atoms with van der Waals surface area (Å²) in [7, 11) is 4.81. The Kier molecular flexibility index (Phi) is 6.89. The van der Waals surface area contributed by atoms with Crippen LogP contribution in [-0.4, -0.2) is 14.6 Å². The first-order valence-corrected chi connectivity index (χ1v) is 7.45. The number of hydrogen-bond acceptors (Lipinski definition) is 2. The summed E-state index contributed by atoms with van der Waals surface area (Å²) in [6.07, 6.45) is 4.01. The maximum Gasteiger partial charge on any atom is 0.392 e. The minimum atomic E-state index is -4.08. The minimum absolute atomic E-state index is 0.604. The molecule has 0 aliphatic heterocycles. The number of alkyl halides is 3. The van der Waals surface area contributed by atoms with E-state index in [9.17, 15) is 13.2 Å². The molecular formula is C9H9Cl2F3O2S. The molecular weight excluding hydrogens is 300 g/mol. The molecule has 1 aliphatic carbocycles. The van der Waals surface area contributed by atoms with Crippen LogP contribution in [0.15, 0.2) is 36.0 Å². The van der Waals surface area contributed by atoms with Gasteiger partial charge in [-0.1, -0.05) is 30.4 Å². The third kappa shape index (κ3) is 15.5. The molecule has 0 bridgehead atoms. The fourth-order valence-corrected chi connectivity index (χ4v) is 0.928. The average molecular weight is 309 g/mol. The Morgan fingerprint density at radius 3 is 2.18 bits per heavy atom. The van der Waals surface area contributed by atoms with Crippen LogP contribution in [0, 0.1) is 0 Å². The van der Waals surface area contributed by atoms with Crippen LogP contribution >= 0.6 is 21.4 Å². The van der Waals surface area contributed by atoms with Gasteiger partial charge in [-0.2, -0.15) is 21.6 Å². The van der Waals surface area contributed by atoms with Gasteiger partial charge in [0.1, 0.15) is 0 Å². The molecule has 1 aliphatic rings. The zero-order valence-corrected chi connectivity index (χ0v) is 10.7.